The van der Waals surface area contributed by atoms with Crippen LogP contribution in [0.5, 0.6) is 5.75 Å². The number of benzene rings is 2. The number of carbonyl (C=O) groups is 2. The number of hydrogen-bond donors (Lipinski definition) is 1. The van der Waals surface area contributed by atoms with E-state index in [0.717, 1.165) is 0 Å². The molecule has 0 radical (unpaired) electrons. The second kappa shape index (κ2) is 10.5. The summed E-state index contributed by atoms with van der Waals surface area (Å²) < 4.78 is 5.58. The Morgan fingerprint density at radius 3 is 2.33 bits per heavy atom. The van der Waals surface area contributed by atoms with Crippen molar-refractivity contribution in [3.8, 4) is 11.8 Å². The lowest BCUT2D eigenvalue weighted by Gasteiger charge is -2.09. The summed E-state index contributed by atoms with van der Waals surface area (Å²) in [5.41, 5.74) is 1.15. The molecule has 2 aromatic rings. The van der Waals surface area contributed by atoms with E-state index >= 15 is 0 Å². The second-order valence-electron chi connectivity index (χ2n) is 5.24. The first-order chi connectivity index (χ1) is 13.1. The van der Waals surface area contributed by atoms with Crippen LogP contribution in [0, 0.1) is 11.3 Å². The van der Waals surface area contributed by atoms with E-state index in [9.17, 15) is 14.9 Å². The lowest BCUT2D eigenvalue weighted by atomic mass is 10.2. The van der Waals surface area contributed by atoms with Crippen LogP contribution in [-0.2, 0) is 4.79 Å². The highest BCUT2D eigenvalue weighted by Crippen LogP contribution is 2.31. The van der Waals surface area contributed by atoms with Gasteiger partial charge in [-0.15, -0.1) is 23.5 Å². The quantitative estimate of drug-likeness (QED) is 0.405. The van der Waals surface area contributed by atoms with Crippen molar-refractivity contribution in [3.63, 3.8) is 0 Å². The first kappa shape index (κ1) is 20.6. The number of nitrogens with one attached hydrogen (secondary N) is 1. The molecule has 0 unspecified atom stereocenters. The molecule has 7 heteroatoms. The van der Waals surface area contributed by atoms with Crippen molar-refractivity contribution >= 4 is 40.9 Å². The van der Waals surface area contributed by atoms with Crippen LogP contribution in [0.4, 0.5) is 5.69 Å². The fraction of sp³-hybridized carbons (Fsp3) is 0.150. The molecule has 0 aliphatic rings. The molecule has 2 rings (SSSR count). The van der Waals surface area contributed by atoms with Crippen molar-refractivity contribution in [2.75, 3.05) is 24.4 Å². The van der Waals surface area contributed by atoms with E-state index in [2.05, 4.69) is 5.32 Å². The Balaban J connectivity index is 2.09. The van der Waals surface area contributed by atoms with Crippen molar-refractivity contribution in [3.05, 3.63) is 70.0 Å². The molecule has 5 nitrogen and oxygen atoms in total. The van der Waals surface area contributed by atoms with Crippen LogP contribution in [0.1, 0.15) is 10.4 Å². The first-order valence-corrected chi connectivity index (χ1v) is 10.1. The fourth-order valence-electron chi connectivity index (χ4n) is 2.13. The minimum absolute atomic E-state index is 0.0100. The Labute approximate surface area is 166 Å². The third kappa shape index (κ3) is 5.91. The summed E-state index contributed by atoms with van der Waals surface area (Å²) in [6, 6.07) is 17.7. The molecule has 0 aliphatic heterocycles. The molecule has 0 bridgehead atoms. The maximum Gasteiger partial charge on any atom is 0.268 e. The molecule has 138 valence electrons. The van der Waals surface area contributed by atoms with Gasteiger partial charge in [0.05, 0.1) is 17.1 Å². The van der Waals surface area contributed by atoms with Crippen LogP contribution < -0.4 is 10.1 Å². The highest BCUT2D eigenvalue weighted by Gasteiger charge is 2.17. The highest BCUT2D eigenvalue weighted by molar-refractivity contribution is 8.22. The van der Waals surface area contributed by atoms with Gasteiger partial charge in [-0.3, -0.25) is 9.59 Å². The SMILES string of the molecule is COc1ccc(NC(=O)/C(C#N)=C(\SC)SCC(=O)c2ccccc2)cc1. The Hall–Kier alpha value is -2.69. The summed E-state index contributed by atoms with van der Waals surface area (Å²) in [5.74, 6) is 0.261. The van der Waals surface area contributed by atoms with Crippen molar-refractivity contribution in [2.45, 2.75) is 0 Å². The van der Waals surface area contributed by atoms with E-state index < -0.39 is 5.91 Å². The number of amides is 1. The molecule has 0 saturated carbocycles. The van der Waals surface area contributed by atoms with E-state index in [1.165, 1.54) is 23.5 Å². The van der Waals surface area contributed by atoms with Gasteiger partial charge in [-0.2, -0.15) is 5.26 Å². The Bertz CT molecular complexity index is 872. The summed E-state index contributed by atoms with van der Waals surface area (Å²) >= 11 is 2.46. The topological polar surface area (TPSA) is 79.2 Å². The van der Waals surface area contributed by atoms with Crippen LogP contribution >= 0.6 is 23.5 Å². The van der Waals surface area contributed by atoms with Gasteiger partial charge in [0.15, 0.2) is 5.78 Å². The van der Waals surface area contributed by atoms with E-state index in [1.54, 1.807) is 61.9 Å². The van der Waals surface area contributed by atoms with Gasteiger partial charge < -0.3 is 10.1 Å². The zero-order valence-corrected chi connectivity index (χ0v) is 16.5. The minimum Gasteiger partial charge on any atom is -0.497 e. The lowest BCUT2D eigenvalue weighted by molar-refractivity contribution is -0.112. The number of Topliss-reactive ketones (excluding diaryl/α,β-unsaturated/α-hetero) is 1. The first-order valence-electron chi connectivity index (χ1n) is 7.94. The molecule has 1 amide bonds. The third-order valence-corrected chi connectivity index (χ3v) is 5.81. The van der Waals surface area contributed by atoms with Gasteiger partial charge in [-0.25, -0.2) is 0 Å². The number of ketones is 1. The number of nitrogens with zero attached hydrogens (tertiary/aromatic N) is 1. The van der Waals surface area contributed by atoms with Crippen molar-refractivity contribution < 1.29 is 14.3 Å². The van der Waals surface area contributed by atoms with Crippen LogP contribution in [0.3, 0.4) is 0 Å². The zero-order chi connectivity index (χ0) is 19.6. The maximum atomic E-state index is 12.5. The van der Waals surface area contributed by atoms with Gasteiger partial charge in [0.2, 0.25) is 0 Å². The molecule has 0 saturated heterocycles. The number of hydrogen-bond acceptors (Lipinski definition) is 6. The Morgan fingerprint density at radius 1 is 1.11 bits per heavy atom. The minimum atomic E-state index is -0.508. The predicted octanol–water partition coefficient (Wildman–Crippen LogP) is 4.35. The van der Waals surface area contributed by atoms with Gasteiger partial charge in [0.1, 0.15) is 17.4 Å². The summed E-state index contributed by atoms with van der Waals surface area (Å²) in [6.45, 7) is 0. The molecule has 0 heterocycles. The van der Waals surface area contributed by atoms with Crippen LogP contribution in [0.2, 0.25) is 0 Å². The number of rotatable bonds is 8. The molecular weight excluding hydrogens is 380 g/mol. The summed E-state index contributed by atoms with van der Waals surface area (Å²) in [6.07, 6.45) is 1.77. The predicted molar refractivity (Wildman–Crippen MR) is 111 cm³/mol. The summed E-state index contributed by atoms with van der Waals surface area (Å²) in [4.78, 5) is 24.7. The average Bonchev–Trinajstić information content (AvgIpc) is 2.71. The summed E-state index contributed by atoms with van der Waals surface area (Å²) in [7, 11) is 1.56. The zero-order valence-electron chi connectivity index (χ0n) is 14.9. The molecule has 0 aliphatic carbocycles. The molecule has 27 heavy (non-hydrogen) atoms. The molecule has 0 atom stereocenters. The van der Waals surface area contributed by atoms with Gasteiger partial charge in [-0.05, 0) is 30.5 Å². The van der Waals surface area contributed by atoms with E-state index in [1.807, 2.05) is 12.1 Å². The van der Waals surface area contributed by atoms with Gasteiger partial charge in [0.25, 0.3) is 5.91 Å². The van der Waals surface area contributed by atoms with Crippen LogP contribution in [-0.4, -0.2) is 30.8 Å². The molecule has 0 fully saturated rings. The molecule has 0 spiro atoms. The monoisotopic (exact) mass is 398 g/mol. The molecule has 1 N–H and O–H groups in total. The molecule has 2 aromatic carbocycles. The van der Waals surface area contributed by atoms with Crippen LogP contribution in [0.15, 0.2) is 64.4 Å². The third-order valence-electron chi connectivity index (χ3n) is 3.51. The van der Waals surface area contributed by atoms with Crippen molar-refractivity contribution in [2.24, 2.45) is 0 Å². The molecule has 0 aromatic heterocycles. The van der Waals surface area contributed by atoms with Crippen LogP contribution in [0.25, 0.3) is 0 Å². The number of thioether (sulfide) groups is 2. The van der Waals surface area contributed by atoms with Crippen molar-refractivity contribution in [1.82, 2.24) is 0 Å². The van der Waals surface area contributed by atoms with E-state index in [-0.39, 0.29) is 17.1 Å². The normalized spacial score (nSPS) is 11.1. The second-order valence-corrected chi connectivity index (χ2v) is 7.30. The maximum absolute atomic E-state index is 12.5. The Kier molecular flexibility index (Phi) is 7.99. The average molecular weight is 399 g/mol. The largest absolute Gasteiger partial charge is 0.497 e. The highest BCUT2D eigenvalue weighted by atomic mass is 32.2. The van der Waals surface area contributed by atoms with E-state index in [4.69, 9.17) is 4.74 Å². The number of nitriles is 1. The van der Waals surface area contributed by atoms with Gasteiger partial charge >= 0.3 is 0 Å². The van der Waals surface area contributed by atoms with Crippen molar-refractivity contribution in [1.29, 1.82) is 5.26 Å². The fourth-order valence-corrected chi connectivity index (χ4v) is 3.83. The number of carbonyl (C=O) groups excluding carboxylic acids is 2. The number of anilines is 1. The van der Waals surface area contributed by atoms with Gasteiger partial charge in [-0.1, -0.05) is 30.3 Å². The smallest absolute Gasteiger partial charge is 0.268 e. The number of methoxy groups -OCH3 is 1. The molecular formula is C20H18N2O3S2. The van der Waals surface area contributed by atoms with E-state index in [0.29, 0.717) is 21.2 Å². The Morgan fingerprint density at radius 2 is 1.78 bits per heavy atom. The lowest BCUT2D eigenvalue weighted by Crippen LogP contribution is -2.14. The number of ether oxygens (including phenoxy) is 1. The van der Waals surface area contributed by atoms with Gasteiger partial charge in [0, 0.05) is 11.3 Å². The summed E-state index contributed by atoms with van der Waals surface area (Å²) in [5, 5.41) is 12.1. The standard InChI is InChI=1S/C20H18N2O3S2/c1-25-16-10-8-15(9-11-16)22-19(24)17(12-21)20(26-2)27-13-18(23)14-6-4-3-5-7-14/h3-11H,13H2,1-2H3,(H,22,24)/b20-17+.